The highest BCUT2D eigenvalue weighted by molar-refractivity contribution is 9.10. The van der Waals surface area contributed by atoms with Crippen molar-refractivity contribution in [1.82, 2.24) is 4.98 Å². The first-order valence-electron chi connectivity index (χ1n) is 6.93. The molecular formula is C18H16BrNO. The lowest BCUT2D eigenvalue weighted by atomic mass is 9.97. The second-order valence-electron chi connectivity index (χ2n) is 5.18. The highest BCUT2D eigenvalue weighted by atomic mass is 79.9. The minimum absolute atomic E-state index is 0.546. The Balaban J connectivity index is 2.02. The number of aliphatic hydroxyl groups is 1. The zero-order valence-corrected chi connectivity index (χ0v) is 13.3. The van der Waals surface area contributed by atoms with Gasteiger partial charge in [-0.25, -0.2) is 0 Å². The molecule has 1 heterocycles. The molecule has 1 atom stereocenters. The van der Waals surface area contributed by atoms with Crippen molar-refractivity contribution < 1.29 is 5.11 Å². The summed E-state index contributed by atoms with van der Waals surface area (Å²) in [5.41, 5.74) is 3.89. The van der Waals surface area contributed by atoms with Crippen molar-refractivity contribution in [2.45, 2.75) is 19.4 Å². The van der Waals surface area contributed by atoms with E-state index < -0.39 is 6.10 Å². The predicted molar refractivity (Wildman–Crippen MR) is 89.3 cm³/mol. The van der Waals surface area contributed by atoms with Gasteiger partial charge in [-0.2, -0.15) is 0 Å². The number of hydrogen-bond acceptors (Lipinski definition) is 2. The lowest BCUT2D eigenvalue weighted by Gasteiger charge is -2.15. The SMILES string of the molecule is Cc1cc(C(O)Cc2ccccc2Br)c2ccccc2n1. The molecule has 0 amide bonds. The molecule has 1 aromatic heterocycles. The van der Waals surface area contributed by atoms with E-state index in [0.717, 1.165) is 32.2 Å². The van der Waals surface area contributed by atoms with Gasteiger partial charge >= 0.3 is 0 Å². The van der Waals surface area contributed by atoms with Crippen LogP contribution in [-0.4, -0.2) is 10.1 Å². The second-order valence-corrected chi connectivity index (χ2v) is 6.04. The topological polar surface area (TPSA) is 33.1 Å². The van der Waals surface area contributed by atoms with Crippen LogP contribution in [0.25, 0.3) is 10.9 Å². The third-order valence-corrected chi connectivity index (χ3v) is 4.38. The summed E-state index contributed by atoms with van der Waals surface area (Å²) in [5, 5.41) is 11.7. The number of benzene rings is 2. The van der Waals surface area contributed by atoms with Gasteiger partial charge in [0.15, 0.2) is 0 Å². The van der Waals surface area contributed by atoms with Gasteiger partial charge in [-0.15, -0.1) is 0 Å². The maximum atomic E-state index is 10.7. The first-order valence-corrected chi connectivity index (χ1v) is 7.72. The van der Waals surface area contributed by atoms with Crippen molar-refractivity contribution in [2.24, 2.45) is 0 Å². The predicted octanol–water partition coefficient (Wildman–Crippen LogP) is 4.58. The number of hydrogen-bond donors (Lipinski definition) is 1. The molecule has 0 saturated carbocycles. The highest BCUT2D eigenvalue weighted by Crippen LogP contribution is 2.28. The molecule has 3 rings (SSSR count). The summed E-state index contributed by atoms with van der Waals surface area (Å²) in [5.74, 6) is 0. The number of aromatic nitrogens is 1. The lowest BCUT2D eigenvalue weighted by molar-refractivity contribution is 0.179. The maximum Gasteiger partial charge on any atom is 0.0837 e. The summed E-state index contributed by atoms with van der Waals surface area (Å²) < 4.78 is 1.03. The lowest BCUT2D eigenvalue weighted by Crippen LogP contribution is -2.04. The average molecular weight is 342 g/mol. The number of aliphatic hydroxyl groups excluding tert-OH is 1. The van der Waals surface area contributed by atoms with Crippen molar-refractivity contribution in [1.29, 1.82) is 0 Å². The monoisotopic (exact) mass is 341 g/mol. The van der Waals surface area contributed by atoms with Gasteiger partial charge in [-0.3, -0.25) is 4.98 Å². The number of pyridine rings is 1. The molecule has 0 radical (unpaired) electrons. The van der Waals surface area contributed by atoms with Gasteiger partial charge in [0, 0.05) is 22.0 Å². The van der Waals surface area contributed by atoms with E-state index in [0.29, 0.717) is 6.42 Å². The van der Waals surface area contributed by atoms with Crippen molar-refractivity contribution >= 4 is 26.8 Å². The van der Waals surface area contributed by atoms with Gasteiger partial charge < -0.3 is 5.11 Å². The molecule has 0 spiro atoms. The normalized spacial score (nSPS) is 12.5. The molecule has 0 aliphatic rings. The van der Waals surface area contributed by atoms with Crippen LogP contribution in [0, 0.1) is 6.92 Å². The number of nitrogens with zero attached hydrogens (tertiary/aromatic N) is 1. The molecule has 0 aliphatic heterocycles. The van der Waals surface area contributed by atoms with Crippen LogP contribution in [0.3, 0.4) is 0 Å². The molecule has 2 aromatic carbocycles. The van der Waals surface area contributed by atoms with Gasteiger partial charge in [0.25, 0.3) is 0 Å². The van der Waals surface area contributed by atoms with E-state index >= 15 is 0 Å². The molecule has 0 saturated heterocycles. The van der Waals surface area contributed by atoms with E-state index in [1.54, 1.807) is 0 Å². The smallest absolute Gasteiger partial charge is 0.0837 e. The molecule has 0 bridgehead atoms. The van der Waals surface area contributed by atoms with Crippen LogP contribution < -0.4 is 0 Å². The van der Waals surface area contributed by atoms with Crippen LogP contribution in [0.2, 0.25) is 0 Å². The first kappa shape index (κ1) is 14.2. The van der Waals surface area contributed by atoms with E-state index in [-0.39, 0.29) is 0 Å². The van der Waals surface area contributed by atoms with Crippen molar-refractivity contribution in [3.05, 3.63) is 75.9 Å². The fourth-order valence-corrected chi connectivity index (χ4v) is 3.04. The fraction of sp³-hybridized carbons (Fsp3) is 0.167. The van der Waals surface area contributed by atoms with Gasteiger partial charge in [0.1, 0.15) is 0 Å². The van der Waals surface area contributed by atoms with Crippen LogP contribution >= 0.6 is 15.9 Å². The van der Waals surface area contributed by atoms with Crippen LogP contribution in [0.1, 0.15) is 22.9 Å². The Bertz CT molecular complexity index is 785. The molecule has 0 fully saturated rings. The van der Waals surface area contributed by atoms with E-state index in [2.05, 4.69) is 20.9 Å². The fourth-order valence-electron chi connectivity index (χ4n) is 2.60. The van der Waals surface area contributed by atoms with E-state index in [9.17, 15) is 5.11 Å². The molecule has 21 heavy (non-hydrogen) atoms. The Labute approximate surface area is 132 Å². The van der Waals surface area contributed by atoms with Gasteiger partial charge in [0.05, 0.1) is 11.6 Å². The minimum atomic E-state index is -0.546. The van der Waals surface area contributed by atoms with Gasteiger partial charge in [-0.1, -0.05) is 52.3 Å². The quantitative estimate of drug-likeness (QED) is 0.756. The average Bonchev–Trinajstić information content (AvgIpc) is 2.48. The number of rotatable bonds is 3. The molecule has 0 aliphatic carbocycles. The summed E-state index contributed by atoms with van der Waals surface area (Å²) in [6, 6.07) is 17.9. The third kappa shape index (κ3) is 2.99. The highest BCUT2D eigenvalue weighted by Gasteiger charge is 2.14. The van der Waals surface area contributed by atoms with Crippen LogP contribution in [0.5, 0.6) is 0 Å². The summed E-state index contributed by atoms with van der Waals surface area (Å²) >= 11 is 3.54. The number of halogens is 1. The van der Waals surface area contributed by atoms with E-state index in [4.69, 9.17) is 0 Å². The molecule has 2 nitrogen and oxygen atoms in total. The summed E-state index contributed by atoms with van der Waals surface area (Å²) in [4.78, 5) is 4.52. The number of aryl methyl sites for hydroxylation is 1. The van der Waals surface area contributed by atoms with Gasteiger partial charge in [0.2, 0.25) is 0 Å². The molecule has 3 heteroatoms. The molecule has 3 aromatic rings. The Hall–Kier alpha value is -1.71. The summed E-state index contributed by atoms with van der Waals surface area (Å²) in [7, 11) is 0. The number of fused-ring (bicyclic) bond motifs is 1. The molecule has 106 valence electrons. The molecule has 1 N–H and O–H groups in total. The van der Waals surface area contributed by atoms with Crippen molar-refractivity contribution in [2.75, 3.05) is 0 Å². The maximum absolute atomic E-state index is 10.7. The Morgan fingerprint density at radius 1 is 1.10 bits per heavy atom. The van der Waals surface area contributed by atoms with Crippen LogP contribution in [0.15, 0.2) is 59.1 Å². The summed E-state index contributed by atoms with van der Waals surface area (Å²) in [6.45, 7) is 1.96. The standard InChI is InChI=1S/C18H16BrNO/c1-12-10-15(14-7-3-5-9-17(14)20-12)18(21)11-13-6-2-4-8-16(13)19/h2-10,18,21H,11H2,1H3. The Morgan fingerprint density at radius 2 is 1.81 bits per heavy atom. The third-order valence-electron chi connectivity index (χ3n) is 3.61. The van der Waals surface area contributed by atoms with E-state index in [1.165, 1.54) is 0 Å². The van der Waals surface area contributed by atoms with Crippen molar-refractivity contribution in [3.8, 4) is 0 Å². The van der Waals surface area contributed by atoms with Crippen LogP contribution in [0.4, 0.5) is 0 Å². The van der Waals surface area contributed by atoms with Crippen molar-refractivity contribution in [3.63, 3.8) is 0 Å². The molecular weight excluding hydrogens is 326 g/mol. The molecule has 1 unspecified atom stereocenters. The largest absolute Gasteiger partial charge is 0.388 e. The summed E-state index contributed by atoms with van der Waals surface area (Å²) in [6.07, 6.45) is 0.0322. The second kappa shape index (κ2) is 5.96. The Morgan fingerprint density at radius 3 is 2.62 bits per heavy atom. The number of para-hydroxylation sites is 1. The zero-order chi connectivity index (χ0) is 14.8. The first-order chi connectivity index (χ1) is 10.1. The van der Waals surface area contributed by atoms with E-state index in [1.807, 2.05) is 61.5 Å². The van der Waals surface area contributed by atoms with Crippen LogP contribution in [-0.2, 0) is 6.42 Å². The Kier molecular flexibility index (Phi) is 4.04. The minimum Gasteiger partial charge on any atom is -0.388 e. The van der Waals surface area contributed by atoms with Gasteiger partial charge in [-0.05, 0) is 36.2 Å². The zero-order valence-electron chi connectivity index (χ0n) is 11.8.